The minimum atomic E-state index is -0.824. The molecule has 0 unspecified atom stereocenters. The average Bonchev–Trinajstić information content (AvgIpc) is 2.53. The first kappa shape index (κ1) is 11.7. The molecule has 0 radical (unpaired) electrons. The average molecular weight is 212 g/mol. The van der Waals surface area contributed by atoms with Gasteiger partial charge in [0, 0.05) is 12.6 Å². The molecule has 15 heavy (non-hydrogen) atoms. The lowest BCUT2D eigenvalue weighted by molar-refractivity contribution is -0.138. The van der Waals surface area contributed by atoms with E-state index in [0.717, 1.165) is 6.54 Å². The molecule has 0 saturated carbocycles. The number of carboxylic acid groups (broad SMARTS) is 1. The SMILES string of the molecule is CC(C)CN(CC(=O)O)Cc1ccno1. The van der Waals surface area contributed by atoms with Gasteiger partial charge >= 0.3 is 5.97 Å². The number of carboxylic acids is 1. The Labute approximate surface area is 88.7 Å². The zero-order valence-corrected chi connectivity index (χ0v) is 9.01. The summed E-state index contributed by atoms with van der Waals surface area (Å²) < 4.78 is 4.94. The van der Waals surface area contributed by atoms with Crippen molar-refractivity contribution in [2.45, 2.75) is 20.4 Å². The molecule has 0 aliphatic heterocycles. The fourth-order valence-electron chi connectivity index (χ4n) is 1.44. The quantitative estimate of drug-likeness (QED) is 0.767. The van der Waals surface area contributed by atoms with E-state index < -0.39 is 5.97 Å². The van der Waals surface area contributed by atoms with Gasteiger partial charge in [0.15, 0.2) is 5.76 Å². The molecule has 5 heteroatoms. The van der Waals surface area contributed by atoms with Crippen molar-refractivity contribution in [3.05, 3.63) is 18.0 Å². The van der Waals surface area contributed by atoms with Crippen LogP contribution in [-0.4, -0.2) is 34.2 Å². The van der Waals surface area contributed by atoms with Gasteiger partial charge in [-0.15, -0.1) is 0 Å². The van der Waals surface area contributed by atoms with Crippen molar-refractivity contribution in [2.75, 3.05) is 13.1 Å². The summed E-state index contributed by atoms with van der Waals surface area (Å²) in [5.74, 6) is 0.291. The number of aliphatic carboxylic acids is 1. The van der Waals surface area contributed by atoms with E-state index in [1.165, 1.54) is 0 Å². The van der Waals surface area contributed by atoms with Crippen molar-refractivity contribution in [3.8, 4) is 0 Å². The largest absolute Gasteiger partial charge is 0.480 e. The molecule has 0 aliphatic carbocycles. The predicted octanol–water partition coefficient (Wildman–Crippen LogP) is 1.22. The van der Waals surface area contributed by atoms with E-state index in [0.29, 0.717) is 18.2 Å². The highest BCUT2D eigenvalue weighted by Crippen LogP contribution is 2.06. The van der Waals surface area contributed by atoms with E-state index in [1.807, 2.05) is 4.90 Å². The molecule has 84 valence electrons. The first-order valence-corrected chi connectivity index (χ1v) is 4.91. The van der Waals surface area contributed by atoms with Gasteiger partial charge in [0.1, 0.15) is 0 Å². The fourth-order valence-corrected chi connectivity index (χ4v) is 1.44. The molecule has 0 aromatic carbocycles. The molecule has 1 N–H and O–H groups in total. The predicted molar refractivity (Wildman–Crippen MR) is 54.3 cm³/mol. The monoisotopic (exact) mass is 212 g/mol. The molecule has 5 nitrogen and oxygen atoms in total. The van der Waals surface area contributed by atoms with Gasteiger partial charge in [-0.2, -0.15) is 0 Å². The Bertz CT molecular complexity index is 296. The third-order valence-corrected chi connectivity index (χ3v) is 1.85. The summed E-state index contributed by atoms with van der Waals surface area (Å²) in [6, 6.07) is 1.75. The number of hydrogen-bond donors (Lipinski definition) is 1. The molecule has 0 bridgehead atoms. The topological polar surface area (TPSA) is 66.6 Å². The van der Waals surface area contributed by atoms with Crippen LogP contribution in [0.1, 0.15) is 19.6 Å². The number of carbonyl (C=O) groups is 1. The molecule has 1 rings (SSSR count). The molecule has 0 spiro atoms. The highest BCUT2D eigenvalue weighted by Gasteiger charge is 2.13. The van der Waals surface area contributed by atoms with Gasteiger partial charge in [0.05, 0.1) is 19.3 Å². The van der Waals surface area contributed by atoms with Crippen molar-refractivity contribution >= 4 is 5.97 Å². The Balaban J connectivity index is 2.52. The molecular formula is C10H16N2O3. The molecule has 1 heterocycles. The Morgan fingerprint density at radius 3 is 2.87 bits per heavy atom. The number of hydrogen-bond acceptors (Lipinski definition) is 4. The van der Waals surface area contributed by atoms with E-state index in [-0.39, 0.29) is 6.54 Å². The Kier molecular flexibility index (Phi) is 4.30. The molecule has 0 fully saturated rings. The third-order valence-electron chi connectivity index (χ3n) is 1.85. The summed E-state index contributed by atoms with van der Waals surface area (Å²) in [5, 5.41) is 12.3. The smallest absolute Gasteiger partial charge is 0.317 e. The van der Waals surface area contributed by atoms with Gasteiger partial charge in [-0.25, -0.2) is 0 Å². The van der Waals surface area contributed by atoms with Crippen molar-refractivity contribution in [2.24, 2.45) is 5.92 Å². The Hall–Kier alpha value is -1.36. The van der Waals surface area contributed by atoms with Crippen molar-refractivity contribution < 1.29 is 14.4 Å². The minimum absolute atomic E-state index is 0.0267. The van der Waals surface area contributed by atoms with E-state index in [2.05, 4.69) is 19.0 Å². The van der Waals surface area contributed by atoms with Crippen LogP contribution in [0.3, 0.4) is 0 Å². The Morgan fingerprint density at radius 1 is 1.67 bits per heavy atom. The summed E-state index contributed by atoms with van der Waals surface area (Å²) in [4.78, 5) is 12.5. The van der Waals surface area contributed by atoms with Crippen LogP contribution in [0.15, 0.2) is 16.8 Å². The Morgan fingerprint density at radius 2 is 2.40 bits per heavy atom. The highest BCUT2D eigenvalue weighted by atomic mass is 16.5. The van der Waals surface area contributed by atoms with Crippen molar-refractivity contribution in [1.82, 2.24) is 10.1 Å². The maximum atomic E-state index is 10.6. The van der Waals surface area contributed by atoms with Gasteiger partial charge in [0.25, 0.3) is 0 Å². The second-order valence-corrected chi connectivity index (χ2v) is 3.94. The molecule has 0 aliphatic rings. The summed E-state index contributed by atoms with van der Waals surface area (Å²) in [6.07, 6.45) is 1.56. The molecule has 0 atom stereocenters. The molecule has 0 saturated heterocycles. The second kappa shape index (κ2) is 5.50. The molecule has 1 aromatic rings. The van der Waals surface area contributed by atoms with Gasteiger partial charge in [0.2, 0.25) is 0 Å². The normalized spacial score (nSPS) is 11.2. The zero-order valence-electron chi connectivity index (χ0n) is 9.01. The van der Waals surface area contributed by atoms with Gasteiger partial charge < -0.3 is 9.63 Å². The van der Waals surface area contributed by atoms with Crippen LogP contribution in [-0.2, 0) is 11.3 Å². The van der Waals surface area contributed by atoms with E-state index in [1.54, 1.807) is 12.3 Å². The van der Waals surface area contributed by atoms with Gasteiger partial charge in [-0.05, 0) is 5.92 Å². The van der Waals surface area contributed by atoms with Crippen LogP contribution in [0.4, 0.5) is 0 Å². The maximum absolute atomic E-state index is 10.6. The first-order valence-electron chi connectivity index (χ1n) is 4.91. The molecular weight excluding hydrogens is 196 g/mol. The lowest BCUT2D eigenvalue weighted by Gasteiger charge is -2.20. The summed E-state index contributed by atoms with van der Waals surface area (Å²) in [7, 11) is 0. The third kappa shape index (κ3) is 4.60. The summed E-state index contributed by atoms with van der Waals surface area (Å²) in [5.41, 5.74) is 0. The maximum Gasteiger partial charge on any atom is 0.317 e. The second-order valence-electron chi connectivity index (χ2n) is 3.94. The zero-order chi connectivity index (χ0) is 11.3. The van der Waals surface area contributed by atoms with Crippen molar-refractivity contribution in [1.29, 1.82) is 0 Å². The van der Waals surface area contributed by atoms with Crippen LogP contribution in [0, 0.1) is 5.92 Å². The van der Waals surface area contributed by atoms with E-state index in [9.17, 15) is 4.79 Å². The summed E-state index contributed by atoms with van der Waals surface area (Å²) in [6.45, 7) is 5.35. The van der Waals surface area contributed by atoms with Crippen LogP contribution >= 0.6 is 0 Å². The first-order chi connectivity index (χ1) is 7.08. The lowest BCUT2D eigenvalue weighted by Crippen LogP contribution is -2.32. The van der Waals surface area contributed by atoms with Crippen LogP contribution in [0.5, 0.6) is 0 Å². The minimum Gasteiger partial charge on any atom is -0.480 e. The lowest BCUT2D eigenvalue weighted by atomic mass is 10.2. The van der Waals surface area contributed by atoms with E-state index >= 15 is 0 Å². The number of nitrogens with zero attached hydrogens (tertiary/aromatic N) is 2. The number of aromatic nitrogens is 1. The van der Waals surface area contributed by atoms with Gasteiger partial charge in [-0.1, -0.05) is 19.0 Å². The van der Waals surface area contributed by atoms with Crippen molar-refractivity contribution in [3.63, 3.8) is 0 Å². The summed E-state index contributed by atoms with van der Waals surface area (Å²) >= 11 is 0. The van der Waals surface area contributed by atoms with Crippen LogP contribution < -0.4 is 0 Å². The molecule has 1 aromatic heterocycles. The highest BCUT2D eigenvalue weighted by molar-refractivity contribution is 5.69. The van der Waals surface area contributed by atoms with E-state index in [4.69, 9.17) is 9.63 Å². The standard InChI is InChI=1S/C10H16N2O3/c1-8(2)5-12(7-10(13)14)6-9-3-4-11-15-9/h3-4,8H,5-7H2,1-2H3,(H,13,14). The van der Waals surface area contributed by atoms with Crippen LogP contribution in [0.2, 0.25) is 0 Å². The van der Waals surface area contributed by atoms with Gasteiger partial charge in [-0.3, -0.25) is 9.69 Å². The fraction of sp³-hybridized carbons (Fsp3) is 0.600. The number of rotatable bonds is 6. The molecule has 0 amide bonds. The van der Waals surface area contributed by atoms with Crippen LogP contribution in [0.25, 0.3) is 0 Å².